The van der Waals surface area contributed by atoms with Gasteiger partial charge in [-0.1, -0.05) is 30.3 Å². The maximum absolute atomic E-state index is 11.8. The number of amides is 1. The molecule has 1 saturated heterocycles. The molecule has 1 unspecified atom stereocenters. The largest absolute Gasteiger partial charge is 0.445 e. The number of carbonyl (C=O) groups excluding carboxylic acids is 1. The highest BCUT2D eigenvalue weighted by Gasteiger charge is 2.29. The normalized spacial score (nSPS) is 21.0. The second-order valence-electron chi connectivity index (χ2n) is 6.77. The molecule has 0 spiro atoms. The van der Waals surface area contributed by atoms with Gasteiger partial charge in [-0.05, 0) is 39.7 Å². The summed E-state index contributed by atoms with van der Waals surface area (Å²) < 4.78 is 5.51. The van der Waals surface area contributed by atoms with E-state index in [2.05, 4.69) is 41.4 Å². The highest BCUT2D eigenvalue weighted by Crippen LogP contribution is 2.25. The van der Waals surface area contributed by atoms with Gasteiger partial charge >= 0.3 is 6.09 Å². The Labute approximate surface area is 127 Å². The number of ether oxygens (including phenoxy) is 1. The molecule has 21 heavy (non-hydrogen) atoms. The second-order valence-corrected chi connectivity index (χ2v) is 6.77. The fourth-order valence-corrected chi connectivity index (χ4v) is 2.63. The van der Waals surface area contributed by atoms with Crippen molar-refractivity contribution in [2.45, 2.75) is 51.8 Å². The van der Waals surface area contributed by atoms with Crippen LogP contribution < -0.4 is 5.32 Å². The summed E-state index contributed by atoms with van der Waals surface area (Å²) in [7, 11) is 0. The molecular formula is C17H26N2O2. The van der Waals surface area contributed by atoms with Gasteiger partial charge < -0.3 is 10.1 Å². The zero-order valence-electron chi connectivity index (χ0n) is 13.4. The van der Waals surface area contributed by atoms with Crippen molar-refractivity contribution in [3.05, 3.63) is 35.9 Å². The lowest BCUT2D eigenvalue weighted by Gasteiger charge is -2.25. The van der Waals surface area contributed by atoms with E-state index in [1.807, 2.05) is 26.8 Å². The van der Waals surface area contributed by atoms with E-state index >= 15 is 0 Å². The van der Waals surface area contributed by atoms with Crippen LogP contribution in [0.15, 0.2) is 30.3 Å². The minimum absolute atomic E-state index is 0.0153. The average molecular weight is 290 g/mol. The van der Waals surface area contributed by atoms with Crippen molar-refractivity contribution >= 4 is 6.09 Å². The molecule has 0 aliphatic carbocycles. The molecule has 1 aromatic rings. The second kappa shape index (κ2) is 6.48. The molecule has 0 bridgehead atoms. The number of hydrogen-bond acceptors (Lipinski definition) is 3. The molecule has 1 aliphatic rings. The predicted octanol–water partition coefficient (Wildman–Crippen LogP) is 3.35. The highest BCUT2D eigenvalue weighted by molar-refractivity contribution is 5.68. The van der Waals surface area contributed by atoms with Gasteiger partial charge in [0.2, 0.25) is 0 Å². The van der Waals surface area contributed by atoms with Crippen molar-refractivity contribution in [3.8, 4) is 0 Å². The van der Waals surface area contributed by atoms with Gasteiger partial charge in [-0.2, -0.15) is 0 Å². The van der Waals surface area contributed by atoms with Gasteiger partial charge in [-0.25, -0.2) is 4.79 Å². The molecule has 1 fully saturated rings. The molecule has 0 saturated carbocycles. The SMILES string of the molecule is C[C@@H](c1ccccc1)N1CCC(OC(=O)NC(C)(C)C)C1. The minimum atomic E-state index is -0.318. The fourth-order valence-electron chi connectivity index (χ4n) is 2.63. The lowest BCUT2D eigenvalue weighted by molar-refractivity contribution is 0.0911. The zero-order chi connectivity index (χ0) is 15.5. The van der Waals surface area contributed by atoms with Crippen LogP contribution >= 0.6 is 0 Å². The van der Waals surface area contributed by atoms with Crippen molar-refractivity contribution < 1.29 is 9.53 Å². The van der Waals surface area contributed by atoms with Crippen LogP contribution in [0.2, 0.25) is 0 Å². The van der Waals surface area contributed by atoms with Gasteiger partial charge in [-0.3, -0.25) is 4.90 Å². The molecule has 0 radical (unpaired) electrons. The van der Waals surface area contributed by atoms with Crippen molar-refractivity contribution in [3.63, 3.8) is 0 Å². The van der Waals surface area contributed by atoms with E-state index in [-0.39, 0.29) is 17.7 Å². The van der Waals surface area contributed by atoms with E-state index in [0.29, 0.717) is 6.04 Å². The van der Waals surface area contributed by atoms with Crippen LogP contribution in [0.4, 0.5) is 4.79 Å². The first kappa shape index (κ1) is 15.8. The lowest BCUT2D eigenvalue weighted by atomic mass is 10.1. The minimum Gasteiger partial charge on any atom is -0.445 e. The number of rotatable bonds is 3. The van der Waals surface area contributed by atoms with Gasteiger partial charge in [0.15, 0.2) is 0 Å². The standard InChI is InChI=1S/C17H26N2O2/c1-13(14-8-6-5-7-9-14)19-11-10-15(12-19)21-16(20)18-17(2,3)4/h5-9,13,15H,10-12H2,1-4H3,(H,18,20)/t13-,15?/m0/s1. The first-order valence-corrected chi connectivity index (χ1v) is 7.63. The Morgan fingerprint density at radius 3 is 2.62 bits per heavy atom. The van der Waals surface area contributed by atoms with Gasteiger partial charge in [0.25, 0.3) is 0 Å². The van der Waals surface area contributed by atoms with Gasteiger partial charge in [0.05, 0.1) is 0 Å². The Bertz CT molecular complexity index is 467. The Hall–Kier alpha value is -1.55. The molecule has 2 rings (SSSR count). The molecule has 1 heterocycles. The Morgan fingerprint density at radius 1 is 1.33 bits per heavy atom. The lowest BCUT2D eigenvalue weighted by Crippen LogP contribution is -2.42. The van der Waals surface area contributed by atoms with Crippen LogP contribution in [0.1, 0.15) is 45.7 Å². The summed E-state index contributed by atoms with van der Waals surface area (Å²) in [6, 6.07) is 10.8. The van der Waals surface area contributed by atoms with Crippen molar-refractivity contribution in [1.82, 2.24) is 10.2 Å². The first-order valence-electron chi connectivity index (χ1n) is 7.63. The topological polar surface area (TPSA) is 41.6 Å². The molecule has 116 valence electrons. The smallest absolute Gasteiger partial charge is 0.407 e. The number of nitrogens with zero attached hydrogens (tertiary/aromatic N) is 1. The third kappa shape index (κ3) is 4.74. The highest BCUT2D eigenvalue weighted by atomic mass is 16.6. The average Bonchev–Trinajstić information content (AvgIpc) is 2.85. The first-order chi connectivity index (χ1) is 9.85. The Morgan fingerprint density at radius 2 is 2.00 bits per heavy atom. The van der Waals surface area contributed by atoms with Crippen LogP contribution in [0.3, 0.4) is 0 Å². The van der Waals surface area contributed by atoms with E-state index in [1.165, 1.54) is 5.56 Å². The third-order valence-electron chi connectivity index (χ3n) is 3.76. The zero-order valence-corrected chi connectivity index (χ0v) is 13.4. The monoisotopic (exact) mass is 290 g/mol. The number of carbonyl (C=O) groups is 1. The molecule has 0 aromatic heterocycles. The summed E-state index contributed by atoms with van der Waals surface area (Å²) in [6.07, 6.45) is 0.564. The molecule has 1 aliphatic heterocycles. The van der Waals surface area contributed by atoms with Crippen LogP contribution in [-0.4, -0.2) is 35.7 Å². The quantitative estimate of drug-likeness (QED) is 0.928. The van der Waals surface area contributed by atoms with Gasteiger partial charge in [-0.15, -0.1) is 0 Å². The van der Waals surface area contributed by atoms with Crippen molar-refractivity contribution in [2.75, 3.05) is 13.1 Å². The summed E-state index contributed by atoms with van der Waals surface area (Å²) >= 11 is 0. The summed E-state index contributed by atoms with van der Waals surface area (Å²) in [6.45, 7) is 9.82. The van der Waals surface area contributed by atoms with E-state index in [1.54, 1.807) is 0 Å². The molecule has 1 N–H and O–H groups in total. The molecule has 4 nitrogen and oxygen atoms in total. The van der Waals surface area contributed by atoms with Gasteiger partial charge in [0, 0.05) is 24.7 Å². The Kier molecular flexibility index (Phi) is 4.88. The van der Waals surface area contributed by atoms with Crippen LogP contribution in [0.25, 0.3) is 0 Å². The predicted molar refractivity (Wildman–Crippen MR) is 84.2 cm³/mol. The number of hydrogen-bond donors (Lipinski definition) is 1. The summed E-state index contributed by atoms with van der Waals surface area (Å²) in [5, 5.41) is 2.84. The van der Waals surface area contributed by atoms with E-state index in [0.717, 1.165) is 19.5 Å². The maximum atomic E-state index is 11.8. The Balaban J connectivity index is 1.85. The van der Waals surface area contributed by atoms with Crippen LogP contribution in [0.5, 0.6) is 0 Å². The molecule has 1 amide bonds. The maximum Gasteiger partial charge on any atom is 0.407 e. The van der Waals surface area contributed by atoms with Crippen molar-refractivity contribution in [1.29, 1.82) is 0 Å². The van der Waals surface area contributed by atoms with Gasteiger partial charge in [0.1, 0.15) is 6.10 Å². The van der Waals surface area contributed by atoms with Crippen LogP contribution in [-0.2, 0) is 4.74 Å². The molecule has 4 heteroatoms. The summed E-state index contributed by atoms with van der Waals surface area (Å²) in [5.41, 5.74) is 1.05. The van der Waals surface area contributed by atoms with E-state index < -0.39 is 0 Å². The number of alkyl carbamates (subject to hydrolysis) is 1. The molecule has 2 atom stereocenters. The number of benzene rings is 1. The number of nitrogens with one attached hydrogen (secondary N) is 1. The third-order valence-corrected chi connectivity index (χ3v) is 3.76. The number of likely N-dealkylation sites (tertiary alicyclic amines) is 1. The van der Waals surface area contributed by atoms with Crippen molar-refractivity contribution in [2.24, 2.45) is 0 Å². The van der Waals surface area contributed by atoms with Crippen LogP contribution in [0, 0.1) is 0 Å². The summed E-state index contributed by atoms with van der Waals surface area (Å²) in [5.74, 6) is 0. The molecule has 1 aromatic carbocycles. The molecular weight excluding hydrogens is 264 g/mol. The van der Waals surface area contributed by atoms with E-state index in [9.17, 15) is 4.79 Å². The fraction of sp³-hybridized carbons (Fsp3) is 0.588. The summed E-state index contributed by atoms with van der Waals surface area (Å²) in [4.78, 5) is 14.2. The van der Waals surface area contributed by atoms with E-state index in [4.69, 9.17) is 4.74 Å².